The molecule has 3 rings (SSSR count). The van der Waals surface area contributed by atoms with Crippen LogP contribution >= 0.6 is 0 Å². The Kier molecular flexibility index (Phi) is 6.97. The quantitative estimate of drug-likeness (QED) is 0.798. The molecule has 5 nitrogen and oxygen atoms in total. The predicted molar refractivity (Wildman–Crippen MR) is 106 cm³/mol. The Hall–Kier alpha value is -2.69. The Morgan fingerprint density at radius 3 is 2.48 bits per heavy atom. The predicted octanol–water partition coefficient (Wildman–Crippen LogP) is 3.46. The Labute approximate surface area is 160 Å². The van der Waals surface area contributed by atoms with Crippen molar-refractivity contribution in [1.82, 2.24) is 15.2 Å². The lowest BCUT2D eigenvalue weighted by molar-refractivity contribution is 0.0755. The van der Waals surface area contributed by atoms with Gasteiger partial charge in [-0.3, -0.25) is 14.6 Å². The van der Waals surface area contributed by atoms with E-state index in [0.29, 0.717) is 17.8 Å². The molecular formula is C22H27N3O2. The molecule has 1 aliphatic rings. The zero-order valence-electron chi connectivity index (χ0n) is 15.7. The molecule has 2 aromatic rings. The molecule has 2 amide bonds. The molecule has 0 radical (unpaired) electrons. The van der Waals surface area contributed by atoms with Gasteiger partial charge in [0, 0.05) is 31.4 Å². The summed E-state index contributed by atoms with van der Waals surface area (Å²) >= 11 is 0. The summed E-state index contributed by atoms with van der Waals surface area (Å²) in [5.74, 6) is -0.231. The summed E-state index contributed by atoms with van der Waals surface area (Å²) in [7, 11) is 0. The average Bonchev–Trinajstić information content (AvgIpc) is 3.01. The number of pyridine rings is 1. The van der Waals surface area contributed by atoms with E-state index in [-0.39, 0.29) is 11.8 Å². The molecule has 1 aromatic heterocycles. The van der Waals surface area contributed by atoms with Gasteiger partial charge in [0.05, 0.1) is 0 Å². The van der Waals surface area contributed by atoms with Crippen molar-refractivity contribution in [3.8, 4) is 0 Å². The molecule has 142 valence electrons. The zero-order chi connectivity index (χ0) is 18.9. The third-order valence-electron chi connectivity index (χ3n) is 4.91. The maximum absolute atomic E-state index is 12.7. The Balaban J connectivity index is 1.52. The molecule has 1 N–H and O–H groups in total. The smallest absolute Gasteiger partial charge is 0.272 e. The number of carbonyl (C=O) groups is 2. The molecule has 5 heteroatoms. The number of nitrogens with one attached hydrogen (secondary N) is 1. The van der Waals surface area contributed by atoms with Crippen molar-refractivity contribution in [2.45, 2.75) is 38.5 Å². The number of aryl methyl sites for hydroxylation is 1. The third kappa shape index (κ3) is 5.64. The first kappa shape index (κ1) is 19.1. The second-order valence-corrected chi connectivity index (χ2v) is 6.98. The highest BCUT2D eigenvalue weighted by atomic mass is 16.2. The summed E-state index contributed by atoms with van der Waals surface area (Å²) in [6.07, 6.45) is 7.76. The van der Waals surface area contributed by atoms with Crippen molar-refractivity contribution in [2.24, 2.45) is 0 Å². The lowest BCUT2D eigenvalue weighted by Gasteiger charge is -2.19. The van der Waals surface area contributed by atoms with Crippen LogP contribution in [0.25, 0.3) is 0 Å². The van der Waals surface area contributed by atoms with E-state index in [2.05, 4.69) is 22.4 Å². The van der Waals surface area contributed by atoms with Crippen LogP contribution in [0, 0.1) is 0 Å². The lowest BCUT2D eigenvalue weighted by atomic mass is 10.1. The van der Waals surface area contributed by atoms with E-state index in [9.17, 15) is 9.59 Å². The first-order chi connectivity index (χ1) is 13.2. The second kappa shape index (κ2) is 9.86. The highest BCUT2D eigenvalue weighted by molar-refractivity contribution is 5.98. The van der Waals surface area contributed by atoms with Gasteiger partial charge in [0.15, 0.2) is 0 Å². The number of aromatic nitrogens is 1. The number of likely N-dealkylation sites (tertiary alicyclic amines) is 1. The van der Waals surface area contributed by atoms with E-state index < -0.39 is 0 Å². The first-order valence-corrected chi connectivity index (χ1v) is 9.81. The van der Waals surface area contributed by atoms with Crippen LogP contribution in [0.15, 0.2) is 48.7 Å². The number of benzene rings is 1. The maximum Gasteiger partial charge on any atom is 0.272 e. The Morgan fingerprint density at radius 1 is 1.00 bits per heavy atom. The number of hydrogen-bond acceptors (Lipinski definition) is 3. The summed E-state index contributed by atoms with van der Waals surface area (Å²) < 4.78 is 0. The van der Waals surface area contributed by atoms with E-state index in [1.54, 1.807) is 18.3 Å². The highest BCUT2D eigenvalue weighted by Crippen LogP contribution is 2.13. The van der Waals surface area contributed by atoms with Crippen LogP contribution in [0.1, 0.15) is 58.5 Å². The fourth-order valence-corrected chi connectivity index (χ4v) is 3.37. The van der Waals surface area contributed by atoms with Gasteiger partial charge in [0.25, 0.3) is 11.8 Å². The van der Waals surface area contributed by atoms with Crippen LogP contribution in [0.3, 0.4) is 0 Å². The third-order valence-corrected chi connectivity index (χ3v) is 4.91. The molecular weight excluding hydrogens is 338 g/mol. The molecule has 2 heterocycles. The summed E-state index contributed by atoms with van der Waals surface area (Å²) in [6, 6.07) is 13.5. The van der Waals surface area contributed by atoms with Crippen LogP contribution in [0.2, 0.25) is 0 Å². The molecule has 0 saturated carbocycles. The molecule has 0 spiro atoms. The number of amides is 2. The summed E-state index contributed by atoms with van der Waals surface area (Å²) in [4.78, 5) is 31.1. The van der Waals surface area contributed by atoms with Gasteiger partial charge in [0.2, 0.25) is 0 Å². The van der Waals surface area contributed by atoms with Gasteiger partial charge < -0.3 is 10.2 Å². The van der Waals surface area contributed by atoms with Gasteiger partial charge in [-0.2, -0.15) is 0 Å². The summed E-state index contributed by atoms with van der Waals surface area (Å²) in [5.41, 5.74) is 2.11. The van der Waals surface area contributed by atoms with Gasteiger partial charge in [-0.25, -0.2) is 0 Å². The van der Waals surface area contributed by atoms with Crippen molar-refractivity contribution >= 4 is 11.8 Å². The van der Waals surface area contributed by atoms with Gasteiger partial charge in [-0.1, -0.05) is 43.2 Å². The van der Waals surface area contributed by atoms with Crippen LogP contribution < -0.4 is 5.32 Å². The van der Waals surface area contributed by atoms with E-state index in [4.69, 9.17) is 0 Å². The van der Waals surface area contributed by atoms with E-state index >= 15 is 0 Å². The van der Waals surface area contributed by atoms with Gasteiger partial charge >= 0.3 is 0 Å². The highest BCUT2D eigenvalue weighted by Gasteiger charge is 2.19. The molecule has 1 fully saturated rings. The molecule has 1 saturated heterocycles. The van der Waals surface area contributed by atoms with Gasteiger partial charge in [-0.15, -0.1) is 0 Å². The Bertz CT molecular complexity index is 753. The fraction of sp³-hybridized carbons (Fsp3) is 0.409. The minimum Gasteiger partial charge on any atom is -0.352 e. The molecule has 1 aliphatic heterocycles. The minimum atomic E-state index is -0.157. The van der Waals surface area contributed by atoms with Gasteiger partial charge in [-0.05, 0) is 43.4 Å². The summed E-state index contributed by atoms with van der Waals surface area (Å²) in [6.45, 7) is 2.15. The molecule has 0 bridgehead atoms. The summed E-state index contributed by atoms with van der Waals surface area (Å²) in [5, 5.41) is 2.93. The number of nitrogens with zero attached hydrogens (tertiary/aromatic N) is 2. The average molecular weight is 365 g/mol. The van der Waals surface area contributed by atoms with Crippen LogP contribution in [-0.2, 0) is 6.42 Å². The van der Waals surface area contributed by atoms with Crippen molar-refractivity contribution in [3.05, 3.63) is 65.5 Å². The molecule has 1 aromatic carbocycles. The lowest BCUT2D eigenvalue weighted by Crippen LogP contribution is -2.33. The minimum absolute atomic E-state index is 0.0735. The first-order valence-electron chi connectivity index (χ1n) is 9.81. The van der Waals surface area contributed by atoms with E-state index in [1.807, 2.05) is 23.1 Å². The van der Waals surface area contributed by atoms with E-state index in [1.165, 1.54) is 18.4 Å². The second-order valence-electron chi connectivity index (χ2n) is 6.98. The molecule has 0 unspecified atom stereocenters. The standard InChI is InChI=1S/C22H27N3O2/c26-21(24-13-8-11-18-9-4-3-5-10-18)19-12-14-23-20(17-19)22(27)25-15-6-1-2-7-16-25/h3-5,9-10,12,14,17H,1-2,6-8,11,13,15-16H2,(H,24,26). The largest absolute Gasteiger partial charge is 0.352 e. The van der Waals surface area contributed by atoms with Crippen LogP contribution in [0.4, 0.5) is 0 Å². The number of carbonyl (C=O) groups excluding carboxylic acids is 2. The normalized spacial score (nSPS) is 14.4. The van der Waals surface area contributed by atoms with Crippen molar-refractivity contribution < 1.29 is 9.59 Å². The SMILES string of the molecule is O=C(NCCCc1ccccc1)c1ccnc(C(=O)N2CCCCCC2)c1. The van der Waals surface area contributed by atoms with Crippen LogP contribution in [0.5, 0.6) is 0 Å². The number of hydrogen-bond donors (Lipinski definition) is 1. The fourth-order valence-electron chi connectivity index (χ4n) is 3.37. The van der Waals surface area contributed by atoms with E-state index in [0.717, 1.165) is 38.8 Å². The topological polar surface area (TPSA) is 62.3 Å². The van der Waals surface area contributed by atoms with Crippen molar-refractivity contribution in [1.29, 1.82) is 0 Å². The van der Waals surface area contributed by atoms with Crippen molar-refractivity contribution in [3.63, 3.8) is 0 Å². The monoisotopic (exact) mass is 365 g/mol. The zero-order valence-corrected chi connectivity index (χ0v) is 15.7. The van der Waals surface area contributed by atoms with Crippen molar-refractivity contribution in [2.75, 3.05) is 19.6 Å². The number of rotatable bonds is 6. The Morgan fingerprint density at radius 2 is 1.74 bits per heavy atom. The maximum atomic E-state index is 12.7. The van der Waals surface area contributed by atoms with Gasteiger partial charge in [0.1, 0.15) is 5.69 Å². The van der Waals surface area contributed by atoms with Crippen LogP contribution in [-0.4, -0.2) is 41.3 Å². The molecule has 27 heavy (non-hydrogen) atoms. The molecule has 0 atom stereocenters. The molecule has 0 aliphatic carbocycles.